The number of alkyl halides is 1. The van der Waals surface area contributed by atoms with Gasteiger partial charge in [0.2, 0.25) is 0 Å². The van der Waals surface area contributed by atoms with Crippen molar-refractivity contribution in [2.45, 2.75) is 45.7 Å². The van der Waals surface area contributed by atoms with Crippen molar-refractivity contribution < 1.29 is 4.39 Å². The molecule has 80 valence electrons. The third-order valence-electron chi connectivity index (χ3n) is 2.24. The van der Waals surface area contributed by atoms with Gasteiger partial charge in [0.1, 0.15) is 6.17 Å². The maximum Gasteiger partial charge on any atom is 0.146 e. The average Bonchev–Trinajstić information content (AvgIpc) is 2.16. The third kappa shape index (κ3) is 3.91. The van der Waals surface area contributed by atoms with E-state index >= 15 is 0 Å². The van der Waals surface area contributed by atoms with Crippen LogP contribution in [0.4, 0.5) is 4.39 Å². The Kier molecular flexibility index (Phi) is 6.18. The van der Waals surface area contributed by atoms with E-state index in [2.05, 4.69) is 19.7 Å². The summed E-state index contributed by atoms with van der Waals surface area (Å²) < 4.78 is 13.7. The highest BCUT2D eigenvalue weighted by atomic mass is 19.1. The van der Waals surface area contributed by atoms with Gasteiger partial charge >= 0.3 is 0 Å². The number of hydrogen-bond donors (Lipinski definition) is 0. The highest BCUT2D eigenvalue weighted by Gasteiger charge is 2.15. The summed E-state index contributed by atoms with van der Waals surface area (Å²) in [5.41, 5.74) is 1.94. The van der Waals surface area contributed by atoms with E-state index in [1.54, 1.807) is 0 Å². The summed E-state index contributed by atoms with van der Waals surface area (Å²) in [6, 6.07) is 0. The van der Waals surface area contributed by atoms with Crippen molar-refractivity contribution in [3.63, 3.8) is 0 Å². The first-order valence-corrected chi connectivity index (χ1v) is 5.23. The Morgan fingerprint density at radius 3 is 2.00 bits per heavy atom. The molecule has 0 spiro atoms. The predicted octanol–water partition coefficient (Wildman–Crippen LogP) is 4.59. The summed E-state index contributed by atoms with van der Waals surface area (Å²) in [4.78, 5) is 0. The van der Waals surface area contributed by atoms with Crippen molar-refractivity contribution in [1.29, 1.82) is 0 Å². The Morgan fingerprint density at radius 2 is 1.57 bits per heavy atom. The molecule has 0 fully saturated rings. The molecule has 0 amide bonds. The lowest BCUT2D eigenvalue weighted by atomic mass is 9.95. The molecule has 0 nitrogen and oxygen atoms in total. The zero-order valence-corrected chi connectivity index (χ0v) is 9.41. The molecule has 0 N–H and O–H groups in total. The summed E-state index contributed by atoms with van der Waals surface area (Å²) in [6.07, 6.45) is 2.34. The molecular weight excluding hydrogens is 175 g/mol. The highest BCUT2D eigenvalue weighted by molar-refractivity contribution is 5.34. The quantitative estimate of drug-likeness (QED) is 0.412. The van der Waals surface area contributed by atoms with Gasteiger partial charge in [-0.25, -0.2) is 4.39 Å². The van der Waals surface area contributed by atoms with Gasteiger partial charge in [0.25, 0.3) is 0 Å². The summed E-state index contributed by atoms with van der Waals surface area (Å²) >= 11 is 0. The minimum absolute atomic E-state index is 0.505. The Morgan fingerprint density at radius 1 is 1.07 bits per heavy atom. The molecule has 1 atom stereocenters. The van der Waals surface area contributed by atoms with Crippen LogP contribution in [-0.4, -0.2) is 6.17 Å². The van der Waals surface area contributed by atoms with Gasteiger partial charge < -0.3 is 0 Å². The molecule has 0 aromatic carbocycles. The monoisotopic (exact) mass is 196 g/mol. The lowest BCUT2D eigenvalue weighted by Gasteiger charge is -2.15. The van der Waals surface area contributed by atoms with E-state index in [9.17, 15) is 4.39 Å². The van der Waals surface area contributed by atoms with E-state index in [0.717, 1.165) is 31.3 Å². The lowest BCUT2D eigenvalue weighted by molar-refractivity contribution is 0.423. The van der Waals surface area contributed by atoms with Gasteiger partial charge in [-0.1, -0.05) is 46.4 Å². The molecule has 1 unspecified atom stereocenters. The first-order valence-electron chi connectivity index (χ1n) is 5.23. The summed E-state index contributed by atoms with van der Waals surface area (Å²) in [6.45, 7) is 15.4. The topological polar surface area (TPSA) is 0 Å². The van der Waals surface area contributed by atoms with Crippen LogP contribution in [0.25, 0.3) is 0 Å². The largest absolute Gasteiger partial charge is 0.237 e. The zero-order valence-electron chi connectivity index (χ0n) is 9.41. The fourth-order valence-electron chi connectivity index (χ4n) is 1.34. The first-order chi connectivity index (χ1) is 6.54. The molecule has 0 aliphatic heterocycles. The smallest absolute Gasteiger partial charge is 0.146 e. The van der Waals surface area contributed by atoms with Gasteiger partial charge in [-0.3, -0.25) is 0 Å². The van der Waals surface area contributed by atoms with Gasteiger partial charge in [0.15, 0.2) is 0 Å². The maximum atomic E-state index is 13.7. The molecular formula is C13H21F. The molecule has 0 aromatic rings. The van der Waals surface area contributed by atoms with E-state index in [-0.39, 0.29) is 0 Å². The van der Waals surface area contributed by atoms with E-state index in [0.29, 0.717) is 11.1 Å². The van der Waals surface area contributed by atoms with Crippen LogP contribution in [0.5, 0.6) is 0 Å². The van der Waals surface area contributed by atoms with Crippen molar-refractivity contribution in [2.24, 2.45) is 0 Å². The summed E-state index contributed by atoms with van der Waals surface area (Å²) in [5, 5.41) is 0. The molecule has 0 saturated carbocycles. The van der Waals surface area contributed by atoms with Crippen LogP contribution >= 0.6 is 0 Å². The van der Waals surface area contributed by atoms with Crippen LogP contribution in [0.3, 0.4) is 0 Å². The molecule has 0 aliphatic carbocycles. The fourth-order valence-corrected chi connectivity index (χ4v) is 1.34. The van der Waals surface area contributed by atoms with Crippen LogP contribution in [0.2, 0.25) is 0 Å². The van der Waals surface area contributed by atoms with Crippen LogP contribution in [0.1, 0.15) is 39.5 Å². The standard InChI is InChI=1S/C13H21F/c1-6-8-10(3)12(5)13(14)11(4)9-7-2/h13H,3-9H2,1-2H3. The van der Waals surface area contributed by atoms with Gasteiger partial charge in [-0.05, 0) is 29.6 Å². The Balaban J connectivity index is 4.24. The van der Waals surface area contributed by atoms with Crippen molar-refractivity contribution >= 4 is 0 Å². The first kappa shape index (κ1) is 13.2. The van der Waals surface area contributed by atoms with Crippen molar-refractivity contribution in [3.8, 4) is 0 Å². The Hall–Kier alpha value is -0.850. The minimum Gasteiger partial charge on any atom is -0.237 e. The van der Waals surface area contributed by atoms with Gasteiger partial charge in [-0.15, -0.1) is 0 Å². The molecule has 14 heavy (non-hydrogen) atoms. The predicted molar refractivity (Wildman–Crippen MR) is 62.1 cm³/mol. The SMILES string of the molecule is C=C(CCC)C(=C)C(F)C(=C)CCC. The van der Waals surface area contributed by atoms with Crippen LogP contribution in [0, 0.1) is 0 Å². The van der Waals surface area contributed by atoms with E-state index in [1.165, 1.54) is 0 Å². The minimum atomic E-state index is -1.10. The normalized spacial score (nSPS) is 12.2. The maximum absolute atomic E-state index is 13.7. The third-order valence-corrected chi connectivity index (χ3v) is 2.24. The molecule has 0 heterocycles. The number of halogens is 1. The second kappa shape index (κ2) is 6.58. The van der Waals surface area contributed by atoms with Crippen molar-refractivity contribution in [1.82, 2.24) is 0 Å². The second-order valence-electron chi connectivity index (χ2n) is 3.65. The molecule has 0 rings (SSSR count). The van der Waals surface area contributed by atoms with E-state index in [4.69, 9.17) is 0 Å². The molecule has 0 aromatic heterocycles. The van der Waals surface area contributed by atoms with Crippen molar-refractivity contribution in [2.75, 3.05) is 0 Å². The Labute approximate surface area is 87.2 Å². The van der Waals surface area contributed by atoms with E-state index in [1.807, 2.05) is 13.8 Å². The highest BCUT2D eigenvalue weighted by Crippen LogP contribution is 2.24. The summed E-state index contributed by atoms with van der Waals surface area (Å²) in [5.74, 6) is 0. The molecule has 0 aliphatic rings. The lowest BCUT2D eigenvalue weighted by Crippen LogP contribution is -2.08. The zero-order chi connectivity index (χ0) is 11.1. The van der Waals surface area contributed by atoms with Crippen LogP contribution < -0.4 is 0 Å². The molecule has 0 bridgehead atoms. The number of rotatable bonds is 7. The van der Waals surface area contributed by atoms with Gasteiger partial charge in [-0.2, -0.15) is 0 Å². The molecule has 1 heteroatoms. The van der Waals surface area contributed by atoms with Crippen LogP contribution in [0.15, 0.2) is 36.5 Å². The van der Waals surface area contributed by atoms with Gasteiger partial charge in [0.05, 0.1) is 0 Å². The second-order valence-corrected chi connectivity index (χ2v) is 3.65. The average molecular weight is 196 g/mol. The van der Waals surface area contributed by atoms with E-state index < -0.39 is 6.17 Å². The molecule has 0 saturated heterocycles. The Bertz CT molecular complexity index is 225. The van der Waals surface area contributed by atoms with Crippen LogP contribution in [-0.2, 0) is 0 Å². The number of allylic oxidation sites excluding steroid dienone is 3. The fraction of sp³-hybridized carbons (Fsp3) is 0.538. The van der Waals surface area contributed by atoms with Gasteiger partial charge in [0, 0.05) is 0 Å². The van der Waals surface area contributed by atoms with Crippen molar-refractivity contribution in [3.05, 3.63) is 36.5 Å². The molecule has 0 radical (unpaired) electrons. The number of hydrogen-bond acceptors (Lipinski definition) is 0. The summed E-state index contributed by atoms with van der Waals surface area (Å²) in [7, 11) is 0.